The Morgan fingerprint density at radius 3 is 2.68 bits per heavy atom. The van der Waals surface area contributed by atoms with E-state index in [2.05, 4.69) is 17.3 Å². The Balaban J connectivity index is 2.67. The molecule has 1 amide bonds. The maximum absolute atomic E-state index is 11.9. The minimum absolute atomic E-state index is 0.111. The number of nitrogens with one attached hydrogen (secondary N) is 1. The molecule has 0 fully saturated rings. The van der Waals surface area contributed by atoms with Gasteiger partial charge in [0.15, 0.2) is 0 Å². The Kier molecular flexibility index (Phi) is 5.47. The summed E-state index contributed by atoms with van der Waals surface area (Å²) in [5.74, 6) is -0.480. The molecule has 1 heterocycles. The zero-order chi connectivity index (χ0) is 14.4. The van der Waals surface area contributed by atoms with Crippen molar-refractivity contribution in [2.45, 2.75) is 39.5 Å². The molecule has 0 atom stereocenters. The Morgan fingerprint density at radius 2 is 2.11 bits per heavy atom. The fraction of sp³-hybridized carbons (Fsp3) is 0.667. The number of aromatic nitrogens is 2. The molecule has 0 aromatic carbocycles. The predicted octanol–water partition coefficient (Wildman–Crippen LogP) is 1.95. The summed E-state index contributed by atoms with van der Waals surface area (Å²) in [5, 5.41) is 17.5. The Hall–Kier alpha value is -1.92. The van der Waals surface area contributed by atoms with Gasteiger partial charge in [-0.2, -0.15) is 5.10 Å². The van der Waals surface area contributed by atoms with E-state index in [9.17, 15) is 14.9 Å². The molecule has 1 aromatic rings. The summed E-state index contributed by atoms with van der Waals surface area (Å²) in [6.45, 7) is 4.20. The largest absolute Gasteiger partial charge is 0.350 e. The van der Waals surface area contributed by atoms with Crippen LogP contribution < -0.4 is 5.32 Å². The van der Waals surface area contributed by atoms with Gasteiger partial charge in [0.2, 0.25) is 5.69 Å². The first-order chi connectivity index (χ1) is 8.99. The van der Waals surface area contributed by atoms with Gasteiger partial charge in [0.1, 0.15) is 5.69 Å². The second-order valence-electron chi connectivity index (χ2n) is 4.48. The SMILES string of the molecule is CCCCCCNC(=O)c1nn(C)c(C)c1[N+](=O)[O-]. The molecule has 106 valence electrons. The molecule has 7 nitrogen and oxygen atoms in total. The van der Waals surface area contributed by atoms with Crippen molar-refractivity contribution >= 4 is 11.6 Å². The molecule has 0 unspecified atom stereocenters. The van der Waals surface area contributed by atoms with Crippen LogP contribution in [-0.4, -0.2) is 27.2 Å². The van der Waals surface area contributed by atoms with Gasteiger partial charge in [0.25, 0.3) is 5.91 Å². The van der Waals surface area contributed by atoms with Gasteiger partial charge >= 0.3 is 5.69 Å². The zero-order valence-electron chi connectivity index (χ0n) is 11.6. The van der Waals surface area contributed by atoms with Crippen molar-refractivity contribution in [3.8, 4) is 0 Å². The van der Waals surface area contributed by atoms with Gasteiger partial charge in [-0.15, -0.1) is 0 Å². The van der Waals surface area contributed by atoms with E-state index in [1.807, 2.05) is 0 Å². The van der Waals surface area contributed by atoms with Crippen LogP contribution in [0.25, 0.3) is 0 Å². The number of nitro groups is 1. The van der Waals surface area contributed by atoms with Gasteiger partial charge < -0.3 is 5.32 Å². The third kappa shape index (κ3) is 3.77. The fourth-order valence-electron chi connectivity index (χ4n) is 1.81. The van der Waals surface area contributed by atoms with Crippen molar-refractivity contribution in [2.24, 2.45) is 7.05 Å². The van der Waals surface area contributed by atoms with Crippen LogP contribution in [0.15, 0.2) is 0 Å². The fourth-order valence-corrected chi connectivity index (χ4v) is 1.81. The lowest BCUT2D eigenvalue weighted by Crippen LogP contribution is -2.25. The van der Waals surface area contributed by atoms with E-state index in [-0.39, 0.29) is 11.4 Å². The molecule has 0 saturated heterocycles. The molecule has 0 radical (unpaired) electrons. The van der Waals surface area contributed by atoms with Crippen LogP contribution in [0, 0.1) is 17.0 Å². The Labute approximate surface area is 112 Å². The summed E-state index contributed by atoms with van der Waals surface area (Å²) in [6, 6.07) is 0. The standard InChI is InChI=1S/C12H20N4O3/c1-4-5-6-7-8-13-12(17)10-11(16(18)19)9(2)15(3)14-10/h4-8H2,1-3H3,(H,13,17). The van der Waals surface area contributed by atoms with Crippen LogP contribution in [-0.2, 0) is 7.05 Å². The van der Waals surface area contributed by atoms with E-state index in [4.69, 9.17) is 0 Å². The Morgan fingerprint density at radius 1 is 1.42 bits per heavy atom. The smallest absolute Gasteiger partial charge is 0.322 e. The molecule has 1 aromatic heterocycles. The highest BCUT2D eigenvalue weighted by Crippen LogP contribution is 2.21. The summed E-state index contributed by atoms with van der Waals surface area (Å²) in [7, 11) is 1.58. The quantitative estimate of drug-likeness (QED) is 0.465. The number of hydrogen-bond donors (Lipinski definition) is 1. The third-order valence-electron chi connectivity index (χ3n) is 3.02. The second kappa shape index (κ2) is 6.86. The van der Waals surface area contributed by atoms with E-state index < -0.39 is 10.8 Å². The van der Waals surface area contributed by atoms with E-state index in [1.165, 1.54) is 4.68 Å². The highest BCUT2D eigenvalue weighted by Gasteiger charge is 2.28. The lowest BCUT2D eigenvalue weighted by Gasteiger charge is -2.02. The highest BCUT2D eigenvalue weighted by atomic mass is 16.6. The van der Waals surface area contributed by atoms with E-state index in [1.54, 1.807) is 14.0 Å². The van der Waals surface area contributed by atoms with Crippen LogP contribution in [0.1, 0.15) is 48.8 Å². The zero-order valence-corrected chi connectivity index (χ0v) is 11.6. The van der Waals surface area contributed by atoms with Crippen molar-refractivity contribution < 1.29 is 9.72 Å². The summed E-state index contributed by atoms with van der Waals surface area (Å²) < 4.78 is 1.35. The first kappa shape index (κ1) is 15.1. The molecule has 0 aliphatic carbocycles. The summed E-state index contributed by atoms with van der Waals surface area (Å²) >= 11 is 0. The topological polar surface area (TPSA) is 90.1 Å². The van der Waals surface area contributed by atoms with Crippen molar-refractivity contribution in [1.82, 2.24) is 15.1 Å². The molecule has 19 heavy (non-hydrogen) atoms. The molecular weight excluding hydrogens is 248 g/mol. The van der Waals surface area contributed by atoms with Crippen LogP contribution in [0.3, 0.4) is 0 Å². The van der Waals surface area contributed by atoms with E-state index in [0.717, 1.165) is 25.7 Å². The van der Waals surface area contributed by atoms with Crippen LogP contribution in [0.4, 0.5) is 5.69 Å². The first-order valence-electron chi connectivity index (χ1n) is 6.45. The average Bonchev–Trinajstić information content (AvgIpc) is 2.65. The summed E-state index contributed by atoms with van der Waals surface area (Å²) in [4.78, 5) is 22.3. The van der Waals surface area contributed by atoms with Crippen LogP contribution in [0.2, 0.25) is 0 Å². The van der Waals surface area contributed by atoms with Gasteiger partial charge in [-0.05, 0) is 13.3 Å². The molecule has 0 aliphatic rings. The van der Waals surface area contributed by atoms with Crippen LogP contribution in [0.5, 0.6) is 0 Å². The molecule has 1 rings (SSSR count). The maximum Gasteiger partial charge on any atom is 0.322 e. The monoisotopic (exact) mass is 268 g/mol. The molecule has 0 saturated carbocycles. The minimum atomic E-state index is -0.561. The van der Waals surface area contributed by atoms with Gasteiger partial charge in [0, 0.05) is 13.6 Å². The van der Waals surface area contributed by atoms with E-state index >= 15 is 0 Å². The summed E-state index contributed by atoms with van der Waals surface area (Å²) in [6.07, 6.45) is 4.16. The van der Waals surface area contributed by atoms with Gasteiger partial charge in [-0.25, -0.2) is 0 Å². The third-order valence-corrected chi connectivity index (χ3v) is 3.02. The lowest BCUT2D eigenvalue weighted by molar-refractivity contribution is -0.385. The minimum Gasteiger partial charge on any atom is -0.350 e. The maximum atomic E-state index is 11.9. The van der Waals surface area contributed by atoms with Gasteiger partial charge in [-0.3, -0.25) is 19.6 Å². The Bertz CT molecular complexity index is 468. The number of carbonyl (C=O) groups is 1. The first-order valence-corrected chi connectivity index (χ1v) is 6.45. The van der Waals surface area contributed by atoms with Crippen molar-refractivity contribution in [3.05, 3.63) is 21.5 Å². The number of amides is 1. The molecule has 0 bridgehead atoms. The van der Waals surface area contributed by atoms with Crippen LogP contribution >= 0.6 is 0 Å². The molecule has 7 heteroatoms. The number of carbonyl (C=O) groups excluding carboxylic acids is 1. The molecule has 1 N–H and O–H groups in total. The average molecular weight is 268 g/mol. The molecule has 0 spiro atoms. The van der Waals surface area contributed by atoms with Gasteiger partial charge in [0.05, 0.1) is 4.92 Å². The highest BCUT2D eigenvalue weighted by molar-refractivity contribution is 5.96. The molecule has 0 aliphatic heterocycles. The number of rotatable bonds is 7. The number of hydrogen-bond acceptors (Lipinski definition) is 4. The van der Waals surface area contributed by atoms with Gasteiger partial charge in [-0.1, -0.05) is 26.2 Å². The second-order valence-corrected chi connectivity index (χ2v) is 4.48. The van der Waals surface area contributed by atoms with Crippen molar-refractivity contribution in [1.29, 1.82) is 0 Å². The number of aryl methyl sites for hydroxylation is 1. The number of unbranched alkanes of at least 4 members (excludes halogenated alkanes) is 3. The van der Waals surface area contributed by atoms with Crippen molar-refractivity contribution in [2.75, 3.05) is 6.54 Å². The molecular formula is C12H20N4O3. The number of nitrogens with zero attached hydrogens (tertiary/aromatic N) is 3. The predicted molar refractivity (Wildman–Crippen MR) is 71.1 cm³/mol. The lowest BCUT2D eigenvalue weighted by atomic mass is 10.2. The normalized spacial score (nSPS) is 10.5. The van der Waals surface area contributed by atoms with E-state index in [0.29, 0.717) is 12.2 Å². The van der Waals surface area contributed by atoms with Crippen molar-refractivity contribution in [3.63, 3.8) is 0 Å². The summed E-state index contributed by atoms with van der Waals surface area (Å²) in [5.41, 5.74) is 0.0511.